The lowest BCUT2D eigenvalue weighted by molar-refractivity contribution is 0.520. The van der Waals surface area contributed by atoms with Gasteiger partial charge in [0.25, 0.3) is 0 Å². The van der Waals surface area contributed by atoms with Crippen LogP contribution < -0.4 is 5.32 Å². The Labute approximate surface area is 106 Å². The van der Waals surface area contributed by atoms with Gasteiger partial charge in [0.1, 0.15) is 0 Å². The summed E-state index contributed by atoms with van der Waals surface area (Å²) in [5, 5.41) is 3.53. The fraction of sp³-hybridized carbons (Fsp3) is 0.667. The van der Waals surface area contributed by atoms with Gasteiger partial charge in [0, 0.05) is 12.2 Å². The monoisotopic (exact) mass is 234 g/mol. The third kappa shape index (κ3) is 6.42. The number of unbranched alkanes of at least 4 members (excludes halogenated alkanes) is 5. The maximum Gasteiger partial charge on any atom is 0.0570 e. The Morgan fingerprint density at radius 2 is 1.88 bits per heavy atom. The first-order valence-electron chi connectivity index (χ1n) is 6.99. The van der Waals surface area contributed by atoms with Crippen molar-refractivity contribution in [2.24, 2.45) is 0 Å². The van der Waals surface area contributed by atoms with Crippen molar-refractivity contribution >= 4 is 0 Å². The molecular formula is C15H26N2. The molecule has 2 heteroatoms. The molecule has 0 bridgehead atoms. The van der Waals surface area contributed by atoms with Crippen molar-refractivity contribution in [2.45, 2.75) is 58.4 Å². The summed E-state index contributed by atoms with van der Waals surface area (Å²) in [6, 6.07) is 6.46. The first-order chi connectivity index (χ1) is 8.34. The number of pyridine rings is 1. The van der Waals surface area contributed by atoms with E-state index < -0.39 is 0 Å². The predicted molar refractivity (Wildman–Crippen MR) is 74.0 cm³/mol. The van der Waals surface area contributed by atoms with E-state index >= 15 is 0 Å². The SMILES string of the molecule is CCCCCCCCN[C@H](C)c1ccccn1. The van der Waals surface area contributed by atoms with E-state index in [2.05, 4.69) is 30.2 Å². The molecule has 0 unspecified atom stereocenters. The normalized spacial score (nSPS) is 12.6. The molecule has 1 aromatic rings. The molecule has 1 rings (SSSR count). The van der Waals surface area contributed by atoms with E-state index in [1.807, 2.05) is 18.3 Å². The Balaban J connectivity index is 2.03. The molecule has 0 spiro atoms. The predicted octanol–water partition coefficient (Wildman–Crippen LogP) is 4.09. The molecule has 1 heterocycles. The third-order valence-corrected chi connectivity index (χ3v) is 3.11. The first-order valence-corrected chi connectivity index (χ1v) is 6.99. The van der Waals surface area contributed by atoms with E-state index in [9.17, 15) is 0 Å². The van der Waals surface area contributed by atoms with Crippen molar-refractivity contribution in [2.75, 3.05) is 6.54 Å². The zero-order chi connectivity index (χ0) is 12.3. The summed E-state index contributed by atoms with van der Waals surface area (Å²) in [5.41, 5.74) is 1.14. The molecule has 0 aliphatic rings. The van der Waals surface area contributed by atoms with Gasteiger partial charge in [0.05, 0.1) is 5.69 Å². The highest BCUT2D eigenvalue weighted by Crippen LogP contribution is 2.09. The lowest BCUT2D eigenvalue weighted by Gasteiger charge is -2.12. The van der Waals surface area contributed by atoms with Crippen LogP contribution in [0.25, 0.3) is 0 Å². The van der Waals surface area contributed by atoms with Gasteiger partial charge in [0.2, 0.25) is 0 Å². The van der Waals surface area contributed by atoms with E-state index in [0.29, 0.717) is 6.04 Å². The van der Waals surface area contributed by atoms with Crippen LogP contribution in [0.5, 0.6) is 0 Å². The van der Waals surface area contributed by atoms with E-state index in [0.717, 1.165) is 12.2 Å². The summed E-state index contributed by atoms with van der Waals surface area (Å²) in [4.78, 5) is 4.36. The number of nitrogens with zero attached hydrogens (tertiary/aromatic N) is 1. The Morgan fingerprint density at radius 3 is 2.59 bits per heavy atom. The van der Waals surface area contributed by atoms with Crippen LogP contribution in [-0.4, -0.2) is 11.5 Å². The summed E-state index contributed by atoms with van der Waals surface area (Å²) >= 11 is 0. The maximum absolute atomic E-state index is 4.36. The van der Waals surface area contributed by atoms with Gasteiger partial charge in [-0.05, 0) is 32.0 Å². The van der Waals surface area contributed by atoms with Crippen molar-refractivity contribution in [3.05, 3.63) is 30.1 Å². The minimum absolute atomic E-state index is 0.367. The second-order valence-electron chi connectivity index (χ2n) is 4.70. The molecular weight excluding hydrogens is 208 g/mol. The molecule has 0 aliphatic carbocycles. The van der Waals surface area contributed by atoms with Crippen molar-refractivity contribution in [3.63, 3.8) is 0 Å². The molecule has 1 aromatic heterocycles. The summed E-state index contributed by atoms with van der Waals surface area (Å²) in [5.74, 6) is 0. The molecule has 0 saturated heterocycles. The number of aromatic nitrogens is 1. The summed E-state index contributed by atoms with van der Waals surface area (Å²) in [6.07, 6.45) is 9.98. The van der Waals surface area contributed by atoms with Crippen LogP contribution in [0.3, 0.4) is 0 Å². The van der Waals surface area contributed by atoms with Crippen LogP contribution in [0.2, 0.25) is 0 Å². The highest BCUT2D eigenvalue weighted by atomic mass is 14.9. The van der Waals surface area contributed by atoms with Crippen molar-refractivity contribution in [1.82, 2.24) is 10.3 Å². The van der Waals surface area contributed by atoms with Gasteiger partial charge in [-0.25, -0.2) is 0 Å². The standard InChI is InChI=1S/C15H26N2/c1-3-4-5-6-7-9-12-16-14(2)15-11-8-10-13-17-15/h8,10-11,13-14,16H,3-7,9,12H2,1-2H3/t14-/m1/s1. The molecule has 0 saturated carbocycles. The number of nitrogens with one attached hydrogen (secondary N) is 1. The molecule has 0 radical (unpaired) electrons. The van der Waals surface area contributed by atoms with E-state index in [4.69, 9.17) is 0 Å². The van der Waals surface area contributed by atoms with Crippen LogP contribution in [0.15, 0.2) is 24.4 Å². The zero-order valence-corrected chi connectivity index (χ0v) is 11.3. The molecule has 1 atom stereocenters. The molecule has 2 nitrogen and oxygen atoms in total. The van der Waals surface area contributed by atoms with Gasteiger partial charge >= 0.3 is 0 Å². The smallest absolute Gasteiger partial charge is 0.0570 e. The van der Waals surface area contributed by atoms with Crippen LogP contribution in [0, 0.1) is 0 Å². The van der Waals surface area contributed by atoms with Crippen molar-refractivity contribution < 1.29 is 0 Å². The largest absolute Gasteiger partial charge is 0.309 e. The van der Waals surface area contributed by atoms with Crippen LogP contribution in [0.4, 0.5) is 0 Å². The van der Waals surface area contributed by atoms with Crippen LogP contribution in [0.1, 0.15) is 64.1 Å². The molecule has 0 aromatic carbocycles. The second kappa shape index (κ2) is 9.17. The quantitative estimate of drug-likeness (QED) is 0.651. The van der Waals surface area contributed by atoms with Gasteiger partial charge in [-0.1, -0.05) is 45.1 Å². The third-order valence-electron chi connectivity index (χ3n) is 3.11. The number of hydrogen-bond donors (Lipinski definition) is 1. The van der Waals surface area contributed by atoms with Gasteiger partial charge in [0.15, 0.2) is 0 Å². The number of rotatable bonds is 9. The van der Waals surface area contributed by atoms with Crippen molar-refractivity contribution in [1.29, 1.82) is 0 Å². The van der Waals surface area contributed by atoms with Crippen molar-refractivity contribution in [3.8, 4) is 0 Å². The Bertz CT molecular complexity index is 272. The molecule has 0 fully saturated rings. The summed E-state index contributed by atoms with van der Waals surface area (Å²) in [7, 11) is 0. The fourth-order valence-corrected chi connectivity index (χ4v) is 1.96. The molecule has 17 heavy (non-hydrogen) atoms. The van der Waals surface area contributed by atoms with Gasteiger partial charge in [-0.15, -0.1) is 0 Å². The molecule has 0 aliphatic heterocycles. The Morgan fingerprint density at radius 1 is 1.12 bits per heavy atom. The van der Waals surface area contributed by atoms with Crippen LogP contribution in [-0.2, 0) is 0 Å². The highest BCUT2D eigenvalue weighted by Gasteiger charge is 2.03. The first kappa shape index (κ1) is 14.2. The lowest BCUT2D eigenvalue weighted by Crippen LogP contribution is -2.20. The molecule has 1 N–H and O–H groups in total. The highest BCUT2D eigenvalue weighted by molar-refractivity contribution is 5.07. The Hall–Kier alpha value is -0.890. The maximum atomic E-state index is 4.36. The topological polar surface area (TPSA) is 24.9 Å². The lowest BCUT2D eigenvalue weighted by atomic mass is 10.1. The van der Waals surface area contributed by atoms with Gasteiger partial charge < -0.3 is 5.32 Å². The Kier molecular flexibility index (Phi) is 7.65. The van der Waals surface area contributed by atoms with E-state index in [-0.39, 0.29) is 0 Å². The van der Waals surface area contributed by atoms with E-state index in [1.165, 1.54) is 38.5 Å². The minimum atomic E-state index is 0.367. The summed E-state index contributed by atoms with van der Waals surface area (Å²) < 4.78 is 0. The second-order valence-corrected chi connectivity index (χ2v) is 4.70. The summed E-state index contributed by atoms with van der Waals surface area (Å²) in [6.45, 7) is 5.54. The zero-order valence-electron chi connectivity index (χ0n) is 11.3. The minimum Gasteiger partial charge on any atom is -0.309 e. The average Bonchev–Trinajstić information content (AvgIpc) is 2.38. The fourth-order valence-electron chi connectivity index (χ4n) is 1.96. The van der Waals surface area contributed by atoms with E-state index in [1.54, 1.807) is 0 Å². The average molecular weight is 234 g/mol. The van der Waals surface area contributed by atoms with Gasteiger partial charge in [-0.2, -0.15) is 0 Å². The molecule has 96 valence electrons. The van der Waals surface area contributed by atoms with Crippen LogP contribution >= 0.6 is 0 Å². The molecule has 0 amide bonds. The van der Waals surface area contributed by atoms with Gasteiger partial charge in [-0.3, -0.25) is 4.98 Å². The number of hydrogen-bond acceptors (Lipinski definition) is 2.